The minimum atomic E-state index is 0. The highest BCUT2D eigenvalue weighted by Crippen LogP contribution is 2.31. The third-order valence-electron chi connectivity index (χ3n) is 3.66. The molecule has 0 aliphatic heterocycles. The molecule has 0 unspecified atom stereocenters. The lowest BCUT2D eigenvalue weighted by atomic mass is 10.1. The molecule has 1 fully saturated rings. The minimum absolute atomic E-state index is 0. The third kappa shape index (κ3) is 4.10. The molecule has 1 aromatic heterocycles. The van der Waals surface area contributed by atoms with Crippen LogP contribution in [-0.2, 0) is 13.1 Å². The molecule has 2 N–H and O–H groups in total. The third-order valence-corrected chi connectivity index (χ3v) is 5.21. The van der Waals surface area contributed by atoms with Crippen molar-refractivity contribution in [3.63, 3.8) is 0 Å². The highest BCUT2D eigenvalue weighted by atomic mass is 79.9. The zero-order valence-corrected chi connectivity index (χ0v) is 15.2. The van der Waals surface area contributed by atoms with E-state index in [-0.39, 0.29) is 18.3 Å². The van der Waals surface area contributed by atoms with E-state index in [1.807, 2.05) is 29.2 Å². The number of thiophene rings is 1. The molecule has 6 heteroatoms. The van der Waals surface area contributed by atoms with Crippen molar-refractivity contribution in [1.82, 2.24) is 4.90 Å². The Bertz CT molecular complexity index is 640. The lowest BCUT2D eigenvalue weighted by Crippen LogP contribution is -2.32. The molecule has 1 aliphatic carbocycles. The van der Waals surface area contributed by atoms with E-state index in [1.54, 1.807) is 11.3 Å². The summed E-state index contributed by atoms with van der Waals surface area (Å²) in [5.74, 6) is 0.114. The van der Waals surface area contributed by atoms with Crippen LogP contribution in [0.4, 0.5) is 0 Å². The molecule has 1 aromatic carbocycles. The molecule has 3 nitrogen and oxygen atoms in total. The lowest BCUT2D eigenvalue weighted by Gasteiger charge is -2.22. The molecule has 2 aromatic rings. The van der Waals surface area contributed by atoms with Crippen LogP contribution in [0.1, 0.15) is 34.3 Å². The Balaban J connectivity index is 0.00000176. The molecule has 3 rings (SSSR count). The van der Waals surface area contributed by atoms with Crippen LogP contribution >= 0.6 is 39.7 Å². The van der Waals surface area contributed by atoms with Gasteiger partial charge in [0.1, 0.15) is 0 Å². The van der Waals surface area contributed by atoms with Crippen molar-refractivity contribution in [3.8, 4) is 0 Å². The van der Waals surface area contributed by atoms with E-state index in [1.165, 1.54) is 5.56 Å². The fraction of sp³-hybridized carbons (Fsp3) is 0.312. The van der Waals surface area contributed by atoms with E-state index in [2.05, 4.69) is 27.4 Å². The average Bonchev–Trinajstić information content (AvgIpc) is 3.27. The number of halogens is 2. The maximum absolute atomic E-state index is 12.7. The first-order valence-electron chi connectivity index (χ1n) is 7.00. The van der Waals surface area contributed by atoms with Gasteiger partial charge in [0.15, 0.2) is 0 Å². The fourth-order valence-corrected chi connectivity index (χ4v) is 3.53. The standard InChI is InChI=1S/C16H17BrN2OS.ClH/c17-15-7-12(10-21-15)9-19(14-5-6-14)16(20)13-3-1-11(8-18)2-4-13;/h1-4,7,10,14H,5-6,8-9,18H2;1H. The molecule has 22 heavy (non-hydrogen) atoms. The minimum Gasteiger partial charge on any atom is -0.331 e. The maximum Gasteiger partial charge on any atom is 0.254 e. The van der Waals surface area contributed by atoms with Crippen LogP contribution in [0.25, 0.3) is 0 Å². The summed E-state index contributed by atoms with van der Waals surface area (Å²) < 4.78 is 1.10. The number of carbonyl (C=O) groups is 1. The highest BCUT2D eigenvalue weighted by molar-refractivity contribution is 9.11. The first-order chi connectivity index (χ1) is 10.2. The molecule has 0 bridgehead atoms. The van der Waals surface area contributed by atoms with E-state index in [4.69, 9.17) is 5.73 Å². The van der Waals surface area contributed by atoms with E-state index in [0.717, 1.165) is 27.8 Å². The van der Waals surface area contributed by atoms with Crippen LogP contribution < -0.4 is 5.73 Å². The predicted octanol–water partition coefficient (Wildman–Crippen LogP) is 4.20. The largest absolute Gasteiger partial charge is 0.331 e. The molecule has 0 radical (unpaired) electrons. The van der Waals surface area contributed by atoms with Gasteiger partial charge in [0, 0.05) is 24.7 Å². The van der Waals surface area contributed by atoms with Crippen LogP contribution in [0.2, 0.25) is 0 Å². The first-order valence-corrected chi connectivity index (χ1v) is 8.67. The summed E-state index contributed by atoms with van der Waals surface area (Å²) in [5.41, 5.74) is 8.58. The van der Waals surface area contributed by atoms with Crippen LogP contribution in [-0.4, -0.2) is 16.8 Å². The summed E-state index contributed by atoms with van der Waals surface area (Å²) in [6, 6.07) is 10.1. The van der Waals surface area contributed by atoms with Crippen molar-refractivity contribution >= 4 is 45.6 Å². The quantitative estimate of drug-likeness (QED) is 0.816. The van der Waals surface area contributed by atoms with Gasteiger partial charge in [-0.25, -0.2) is 0 Å². The fourth-order valence-electron chi connectivity index (χ4n) is 2.33. The van der Waals surface area contributed by atoms with Gasteiger partial charge in [-0.15, -0.1) is 23.7 Å². The number of amides is 1. The summed E-state index contributed by atoms with van der Waals surface area (Å²) in [5, 5.41) is 2.10. The Kier molecular flexibility index (Phi) is 6.03. The molecular formula is C16H18BrClN2OS. The van der Waals surface area contributed by atoms with Crippen molar-refractivity contribution in [1.29, 1.82) is 0 Å². The molecule has 1 saturated carbocycles. The molecule has 0 saturated heterocycles. The van der Waals surface area contributed by atoms with Crippen molar-refractivity contribution in [3.05, 3.63) is 56.2 Å². The molecule has 1 heterocycles. The summed E-state index contributed by atoms with van der Waals surface area (Å²) >= 11 is 5.13. The van der Waals surface area contributed by atoms with Gasteiger partial charge in [-0.3, -0.25) is 4.79 Å². The zero-order chi connectivity index (χ0) is 14.8. The van der Waals surface area contributed by atoms with Gasteiger partial charge in [0.25, 0.3) is 5.91 Å². The Hall–Kier alpha value is -0.880. The molecular weight excluding hydrogens is 384 g/mol. The van der Waals surface area contributed by atoms with E-state index in [9.17, 15) is 4.79 Å². The second-order valence-electron chi connectivity index (χ2n) is 5.32. The number of carbonyl (C=O) groups excluding carboxylic acids is 1. The number of rotatable bonds is 5. The second kappa shape index (κ2) is 7.59. The Morgan fingerprint density at radius 2 is 1.95 bits per heavy atom. The van der Waals surface area contributed by atoms with Gasteiger partial charge in [0.05, 0.1) is 3.79 Å². The van der Waals surface area contributed by atoms with Gasteiger partial charge in [-0.1, -0.05) is 12.1 Å². The van der Waals surface area contributed by atoms with Gasteiger partial charge < -0.3 is 10.6 Å². The topological polar surface area (TPSA) is 46.3 Å². The Morgan fingerprint density at radius 3 is 2.45 bits per heavy atom. The highest BCUT2D eigenvalue weighted by Gasteiger charge is 2.33. The van der Waals surface area contributed by atoms with Gasteiger partial charge >= 0.3 is 0 Å². The molecule has 1 aliphatic rings. The van der Waals surface area contributed by atoms with Crippen molar-refractivity contribution < 1.29 is 4.79 Å². The van der Waals surface area contributed by atoms with Gasteiger partial charge in [-0.05, 0) is 63.5 Å². The monoisotopic (exact) mass is 400 g/mol. The van der Waals surface area contributed by atoms with Gasteiger partial charge in [0.2, 0.25) is 0 Å². The number of nitrogens with two attached hydrogens (primary N) is 1. The summed E-state index contributed by atoms with van der Waals surface area (Å²) in [4.78, 5) is 14.7. The normalized spacial score (nSPS) is 13.5. The summed E-state index contributed by atoms with van der Waals surface area (Å²) in [7, 11) is 0. The van der Waals surface area contributed by atoms with Crippen LogP contribution in [0.15, 0.2) is 39.5 Å². The predicted molar refractivity (Wildman–Crippen MR) is 96.5 cm³/mol. The number of nitrogens with zero attached hydrogens (tertiary/aromatic N) is 1. The maximum atomic E-state index is 12.7. The summed E-state index contributed by atoms with van der Waals surface area (Å²) in [6.07, 6.45) is 2.22. The van der Waals surface area contributed by atoms with Gasteiger partial charge in [-0.2, -0.15) is 0 Å². The van der Waals surface area contributed by atoms with E-state index < -0.39 is 0 Å². The SMILES string of the molecule is Cl.NCc1ccc(C(=O)N(Cc2csc(Br)c2)C2CC2)cc1. The number of benzene rings is 1. The smallest absolute Gasteiger partial charge is 0.254 e. The number of hydrogen-bond donors (Lipinski definition) is 1. The lowest BCUT2D eigenvalue weighted by molar-refractivity contribution is 0.0730. The molecule has 0 atom stereocenters. The van der Waals surface area contributed by atoms with Crippen LogP contribution in [0.3, 0.4) is 0 Å². The molecule has 0 spiro atoms. The second-order valence-corrected chi connectivity index (χ2v) is 7.61. The van der Waals surface area contributed by atoms with Crippen LogP contribution in [0, 0.1) is 0 Å². The zero-order valence-electron chi connectivity index (χ0n) is 12.0. The Morgan fingerprint density at radius 1 is 1.27 bits per heavy atom. The van der Waals surface area contributed by atoms with E-state index >= 15 is 0 Å². The van der Waals surface area contributed by atoms with Crippen molar-refractivity contribution in [2.45, 2.75) is 32.0 Å². The van der Waals surface area contributed by atoms with Crippen molar-refractivity contribution in [2.75, 3.05) is 0 Å². The average molecular weight is 402 g/mol. The van der Waals surface area contributed by atoms with Crippen LogP contribution in [0.5, 0.6) is 0 Å². The van der Waals surface area contributed by atoms with E-state index in [0.29, 0.717) is 19.1 Å². The first kappa shape index (κ1) is 17.5. The molecule has 1 amide bonds. The Labute approximate surface area is 149 Å². The number of hydrogen-bond acceptors (Lipinski definition) is 3. The summed E-state index contributed by atoms with van der Waals surface area (Å²) in [6.45, 7) is 1.19. The molecule has 118 valence electrons. The van der Waals surface area contributed by atoms with Crippen molar-refractivity contribution in [2.24, 2.45) is 5.73 Å².